The van der Waals surface area contributed by atoms with E-state index < -0.39 is 0 Å². The van der Waals surface area contributed by atoms with Gasteiger partial charge in [-0.15, -0.1) is 0 Å². The van der Waals surface area contributed by atoms with Crippen molar-refractivity contribution in [3.05, 3.63) is 24.4 Å². The summed E-state index contributed by atoms with van der Waals surface area (Å²) in [4.78, 5) is 11.4. The first-order valence-electron chi connectivity index (χ1n) is 4.93. The largest absolute Gasteiger partial charge is 0.333 e. The third kappa shape index (κ3) is 1.82. The Kier molecular flexibility index (Phi) is 2.21. The lowest BCUT2D eigenvalue weighted by molar-refractivity contribution is -0.121. The van der Waals surface area contributed by atoms with Gasteiger partial charge in [-0.2, -0.15) is 0 Å². The number of amides is 1. The van der Waals surface area contributed by atoms with Crippen molar-refractivity contribution in [1.82, 2.24) is 5.32 Å². The normalized spacial score (nSPS) is 33.1. The predicted molar refractivity (Wildman–Crippen MR) is 51.9 cm³/mol. The minimum absolute atomic E-state index is 0.134. The van der Waals surface area contributed by atoms with Gasteiger partial charge in [0, 0.05) is 11.8 Å². The summed E-state index contributed by atoms with van der Waals surface area (Å²) in [6, 6.07) is 0. The smallest absolute Gasteiger partial charge is 0.224 e. The van der Waals surface area contributed by atoms with Crippen LogP contribution in [0, 0.1) is 5.41 Å². The summed E-state index contributed by atoms with van der Waals surface area (Å²) in [7, 11) is 0. The summed E-state index contributed by atoms with van der Waals surface area (Å²) in [5.74, 6) is 0.153. The molecule has 0 fully saturated rings. The van der Waals surface area contributed by atoms with Gasteiger partial charge in [0.15, 0.2) is 0 Å². The molecule has 2 nitrogen and oxygen atoms in total. The molecule has 0 radical (unpaired) electrons. The molecule has 0 saturated heterocycles. The van der Waals surface area contributed by atoms with Crippen molar-refractivity contribution in [1.29, 1.82) is 0 Å². The molecule has 1 atom stereocenters. The van der Waals surface area contributed by atoms with Gasteiger partial charge < -0.3 is 5.32 Å². The van der Waals surface area contributed by atoms with Crippen LogP contribution in [0.1, 0.15) is 32.1 Å². The molecule has 13 heavy (non-hydrogen) atoms. The van der Waals surface area contributed by atoms with Crippen molar-refractivity contribution in [3.8, 4) is 0 Å². The van der Waals surface area contributed by atoms with Crippen LogP contribution in [-0.2, 0) is 4.79 Å². The van der Waals surface area contributed by atoms with Gasteiger partial charge in [0.25, 0.3) is 0 Å². The highest BCUT2D eigenvalue weighted by atomic mass is 16.1. The van der Waals surface area contributed by atoms with E-state index in [0.29, 0.717) is 6.42 Å². The van der Waals surface area contributed by atoms with Gasteiger partial charge in [-0.3, -0.25) is 4.79 Å². The molecule has 1 unspecified atom stereocenters. The number of hydrogen-bond acceptors (Lipinski definition) is 1. The number of rotatable bonds is 0. The molecular weight excluding hydrogens is 162 g/mol. The molecule has 0 aromatic carbocycles. The first kappa shape index (κ1) is 8.54. The minimum Gasteiger partial charge on any atom is -0.333 e. The monoisotopic (exact) mass is 177 g/mol. The van der Waals surface area contributed by atoms with Gasteiger partial charge in [-0.1, -0.05) is 18.2 Å². The molecule has 1 amide bonds. The fourth-order valence-electron chi connectivity index (χ4n) is 2.19. The van der Waals surface area contributed by atoms with Crippen molar-refractivity contribution in [2.24, 2.45) is 5.41 Å². The van der Waals surface area contributed by atoms with Crippen LogP contribution in [0.2, 0.25) is 0 Å². The molecule has 0 bridgehead atoms. The maximum absolute atomic E-state index is 11.4. The SMILES string of the molecule is O=C1CC2(C=CCCC2)CC=CN1. The minimum atomic E-state index is 0.134. The Balaban J connectivity index is 2.19. The van der Waals surface area contributed by atoms with Gasteiger partial charge >= 0.3 is 0 Å². The quantitative estimate of drug-likeness (QED) is 0.564. The molecule has 70 valence electrons. The Morgan fingerprint density at radius 3 is 3.08 bits per heavy atom. The predicted octanol–water partition coefficient (Wildman–Crippen LogP) is 2.14. The van der Waals surface area contributed by atoms with Crippen LogP contribution in [0.4, 0.5) is 0 Å². The van der Waals surface area contributed by atoms with E-state index in [4.69, 9.17) is 0 Å². The maximum Gasteiger partial charge on any atom is 0.224 e. The van der Waals surface area contributed by atoms with E-state index in [-0.39, 0.29) is 11.3 Å². The lowest BCUT2D eigenvalue weighted by Gasteiger charge is -2.30. The molecule has 0 aromatic heterocycles. The van der Waals surface area contributed by atoms with Crippen LogP contribution in [0.5, 0.6) is 0 Å². The molecule has 0 saturated carbocycles. The van der Waals surface area contributed by atoms with E-state index in [9.17, 15) is 4.79 Å². The number of hydrogen-bond donors (Lipinski definition) is 1. The molecule has 1 heterocycles. The first-order valence-corrected chi connectivity index (χ1v) is 4.93. The summed E-state index contributed by atoms with van der Waals surface area (Å²) in [5.41, 5.74) is 0.134. The Labute approximate surface area is 78.7 Å². The van der Waals surface area contributed by atoms with Crippen molar-refractivity contribution in [3.63, 3.8) is 0 Å². The molecular formula is C11H15NO. The Bertz CT molecular complexity index is 267. The summed E-state index contributed by atoms with van der Waals surface area (Å²) in [6.07, 6.45) is 13.5. The highest BCUT2D eigenvalue weighted by Crippen LogP contribution is 2.38. The molecule has 0 aromatic rings. The number of carbonyl (C=O) groups is 1. The topological polar surface area (TPSA) is 29.1 Å². The second-order valence-electron chi connectivity index (χ2n) is 4.01. The summed E-state index contributed by atoms with van der Waals surface area (Å²) in [6.45, 7) is 0. The van der Waals surface area contributed by atoms with Crippen LogP contribution in [-0.4, -0.2) is 5.91 Å². The van der Waals surface area contributed by atoms with E-state index in [1.54, 1.807) is 6.20 Å². The van der Waals surface area contributed by atoms with E-state index >= 15 is 0 Å². The summed E-state index contributed by atoms with van der Waals surface area (Å²) >= 11 is 0. The molecule has 1 aliphatic carbocycles. The lowest BCUT2D eigenvalue weighted by atomic mass is 9.74. The number of allylic oxidation sites excluding steroid dienone is 3. The third-order valence-corrected chi connectivity index (χ3v) is 2.92. The zero-order valence-corrected chi connectivity index (χ0v) is 7.75. The van der Waals surface area contributed by atoms with E-state index in [2.05, 4.69) is 23.5 Å². The highest BCUT2D eigenvalue weighted by molar-refractivity contribution is 5.78. The molecule has 2 rings (SSSR count). The second-order valence-corrected chi connectivity index (χ2v) is 4.01. The first-order chi connectivity index (χ1) is 6.31. The average Bonchev–Trinajstić information content (AvgIpc) is 2.29. The summed E-state index contributed by atoms with van der Waals surface area (Å²) < 4.78 is 0. The fraction of sp³-hybridized carbons (Fsp3) is 0.545. The van der Waals surface area contributed by atoms with Crippen LogP contribution in [0.3, 0.4) is 0 Å². The molecule has 1 N–H and O–H groups in total. The van der Waals surface area contributed by atoms with Gasteiger partial charge in [-0.05, 0) is 31.9 Å². The number of nitrogens with one attached hydrogen (secondary N) is 1. The van der Waals surface area contributed by atoms with Crippen LogP contribution in [0.25, 0.3) is 0 Å². The Morgan fingerprint density at radius 2 is 2.31 bits per heavy atom. The molecule has 1 spiro atoms. The Morgan fingerprint density at radius 1 is 1.38 bits per heavy atom. The maximum atomic E-state index is 11.4. The van der Waals surface area contributed by atoms with Gasteiger partial charge in [0.1, 0.15) is 0 Å². The highest BCUT2D eigenvalue weighted by Gasteiger charge is 2.30. The number of carbonyl (C=O) groups excluding carboxylic acids is 1. The third-order valence-electron chi connectivity index (χ3n) is 2.92. The standard InChI is InChI=1S/C11H15NO/c13-10-9-11(7-4-8-12-10)5-2-1-3-6-11/h2,4-5,8H,1,3,6-7,9H2,(H,12,13). The van der Waals surface area contributed by atoms with Crippen LogP contribution >= 0.6 is 0 Å². The second kappa shape index (κ2) is 3.36. The fourth-order valence-corrected chi connectivity index (χ4v) is 2.19. The Hall–Kier alpha value is -1.05. The van der Waals surface area contributed by atoms with E-state index in [1.807, 2.05) is 0 Å². The van der Waals surface area contributed by atoms with Crippen LogP contribution in [0.15, 0.2) is 24.4 Å². The summed E-state index contributed by atoms with van der Waals surface area (Å²) in [5, 5.41) is 2.76. The van der Waals surface area contributed by atoms with Gasteiger partial charge in [0.05, 0.1) is 0 Å². The van der Waals surface area contributed by atoms with Gasteiger partial charge in [-0.25, -0.2) is 0 Å². The van der Waals surface area contributed by atoms with E-state index in [0.717, 1.165) is 12.8 Å². The van der Waals surface area contributed by atoms with Crippen molar-refractivity contribution in [2.45, 2.75) is 32.1 Å². The van der Waals surface area contributed by atoms with Crippen molar-refractivity contribution in [2.75, 3.05) is 0 Å². The zero-order chi connectivity index (χ0) is 9.15. The molecule has 2 heteroatoms. The van der Waals surface area contributed by atoms with Crippen LogP contribution < -0.4 is 5.32 Å². The molecule has 1 aliphatic heterocycles. The lowest BCUT2D eigenvalue weighted by Crippen LogP contribution is -2.26. The molecule has 2 aliphatic rings. The van der Waals surface area contributed by atoms with Crippen molar-refractivity contribution < 1.29 is 4.79 Å². The van der Waals surface area contributed by atoms with E-state index in [1.165, 1.54) is 12.8 Å². The van der Waals surface area contributed by atoms with Gasteiger partial charge in [0.2, 0.25) is 5.91 Å². The zero-order valence-electron chi connectivity index (χ0n) is 7.75. The average molecular weight is 177 g/mol. The van der Waals surface area contributed by atoms with Crippen molar-refractivity contribution >= 4 is 5.91 Å².